The molecule has 29 heavy (non-hydrogen) atoms. The van der Waals surface area contributed by atoms with E-state index in [1.54, 1.807) is 21.3 Å². The topological polar surface area (TPSA) is 47.1 Å². The Bertz CT molecular complexity index is 802. The third-order valence-electron chi connectivity index (χ3n) is 5.85. The minimum absolute atomic E-state index is 0. The first kappa shape index (κ1) is 21.2. The smallest absolute Gasteiger partial charge is 0.203 e. The van der Waals surface area contributed by atoms with Crippen molar-refractivity contribution in [1.29, 1.82) is 0 Å². The van der Waals surface area contributed by atoms with Crippen LogP contribution in [0.2, 0.25) is 0 Å². The second-order valence-corrected chi connectivity index (χ2v) is 7.60. The van der Waals surface area contributed by atoms with E-state index in [0.29, 0.717) is 17.2 Å². The second kappa shape index (κ2) is 9.35. The number of piperidine rings is 1. The van der Waals surface area contributed by atoms with Crippen molar-refractivity contribution in [3.8, 4) is 28.4 Å². The van der Waals surface area contributed by atoms with Crippen LogP contribution in [0.25, 0.3) is 11.1 Å². The van der Waals surface area contributed by atoms with Gasteiger partial charge in [0.25, 0.3) is 0 Å². The maximum Gasteiger partial charge on any atom is 0.203 e. The lowest BCUT2D eigenvalue weighted by molar-refractivity contribution is 0.201. The Labute approximate surface area is 174 Å². The molecule has 0 saturated carbocycles. The minimum atomic E-state index is 0. The predicted octanol–water partition coefficient (Wildman–Crippen LogP) is 3.94. The van der Waals surface area contributed by atoms with E-state index in [4.69, 9.17) is 14.2 Å². The fourth-order valence-corrected chi connectivity index (χ4v) is 4.41. The Morgan fingerprint density at radius 2 is 1.62 bits per heavy atom. The maximum absolute atomic E-state index is 5.51. The molecule has 1 aromatic heterocycles. The molecule has 0 radical (unpaired) electrons. The molecule has 2 aromatic rings. The number of nitrogens with zero attached hydrogens (tertiary/aromatic N) is 3. The zero-order valence-electron chi connectivity index (χ0n) is 17.0. The monoisotopic (exact) mass is 399 g/mol. The molecule has 2 saturated heterocycles. The van der Waals surface area contributed by atoms with Gasteiger partial charge in [0.05, 0.1) is 33.2 Å². The number of pyridine rings is 1. The normalized spacial score (nSPS) is 21.0. The molecule has 0 amide bonds. The molecule has 6 nitrogen and oxygen atoms in total. The summed E-state index contributed by atoms with van der Waals surface area (Å²) >= 11 is 0. The van der Waals surface area contributed by atoms with Gasteiger partial charge >= 0.3 is 0 Å². The number of aromatic nitrogens is 1. The molecule has 0 N–H and O–H groups in total. The molecule has 2 unspecified atom stereocenters. The number of anilines is 1. The molecule has 2 fully saturated rings. The van der Waals surface area contributed by atoms with Gasteiger partial charge in [-0.25, -0.2) is 0 Å². The van der Waals surface area contributed by atoms with E-state index >= 15 is 0 Å². The van der Waals surface area contributed by atoms with E-state index in [0.717, 1.165) is 36.7 Å². The molecule has 2 bridgehead atoms. The zero-order valence-corrected chi connectivity index (χ0v) is 17.0. The van der Waals surface area contributed by atoms with Crippen LogP contribution < -0.4 is 19.1 Å². The predicted molar refractivity (Wildman–Crippen MR) is 117 cm³/mol. The molecule has 0 spiro atoms. The Kier molecular flexibility index (Phi) is 6.85. The molecule has 158 valence electrons. The summed E-state index contributed by atoms with van der Waals surface area (Å²) in [4.78, 5) is 9.63. The summed E-state index contributed by atoms with van der Waals surface area (Å²) in [7, 11) is 4.90. The highest BCUT2D eigenvalue weighted by atomic mass is 16.5. The van der Waals surface area contributed by atoms with Crippen molar-refractivity contribution in [2.75, 3.05) is 59.0 Å². The van der Waals surface area contributed by atoms with Gasteiger partial charge in [-0.3, -0.25) is 4.98 Å². The first-order valence-corrected chi connectivity index (χ1v) is 9.94. The summed E-state index contributed by atoms with van der Waals surface area (Å²) in [6.45, 7) is 5.77. The molecule has 0 aliphatic carbocycles. The van der Waals surface area contributed by atoms with Gasteiger partial charge in [0.15, 0.2) is 11.5 Å². The van der Waals surface area contributed by atoms with Crippen LogP contribution in [0.15, 0.2) is 30.6 Å². The van der Waals surface area contributed by atoms with Crippen LogP contribution >= 0.6 is 0 Å². The molecule has 6 heteroatoms. The van der Waals surface area contributed by atoms with Crippen molar-refractivity contribution >= 4 is 5.69 Å². The Morgan fingerprint density at radius 3 is 2.31 bits per heavy atom. The summed E-state index contributed by atoms with van der Waals surface area (Å²) in [5, 5.41) is 0. The summed E-state index contributed by atoms with van der Waals surface area (Å²) < 4.78 is 16.5. The SMILES string of the molecule is C.COc1cc(-c2cncc(N3CCN4CCCC(C4)C3)c2)cc(OC)c1OC. The van der Waals surface area contributed by atoms with Gasteiger partial charge in [-0.15, -0.1) is 0 Å². The van der Waals surface area contributed by atoms with Crippen LogP contribution in [0.5, 0.6) is 17.2 Å². The van der Waals surface area contributed by atoms with Crippen molar-refractivity contribution in [3.63, 3.8) is 0 Å². The van der Waals surface area contributed by atoms with E-state index in [9.17, 15) is 0 Å². The number of methoxy groups -OCH3 is 3. The molecule has 3 heterocycles. The van der Waals surface area contributed by atoms with Crippen molar-refractivity contribution in [2.45, 2.75) is 20.3 Å². The van der Waals surface area contributed by atoms with E-state index in [1.807, 2.05) is 24.5 Å². The zero-order chi connectivity index (χ0) is 19.5. The number of fused-ring (bicyclic) bond motifs is 2. The van der Waals surface area contributed by atoms with E-state index in [1.165, 1.54) is 31.6 Å². The van der Waals surface area contributed by atoms with Crippen molar-refractivity contribution in [1.82, 2.24) is 9.88 Å². The van der Waals surface area contributed by atoms with Crippen LogP contribution in [0.4, 0.5) is 5.69 Å². The molecule has 2 atom stereocenters. The van der Waals surface area contributed by atoms with E-state index in [2.05, 4.69) is 20.9 Å². The van der Waals surface area contributed by atoms with Crippen molar-refractivity contribution in [3.05, 3.63) is 30.6 Å². The van der Waals surface area contributed by atoms with Crippen LogP contribution in [0.3, 0.4) is 0 Å². The lowest BCUT2D eigenvalue weighted by atomic mass is 9.98. The first-order chi connectivity index (χ1) is 13.7. The highest BCUT2D eigenvalue weighted by molar-refractivity contribution is 5.73. The standard InChI is InChI=1S/C22H29N3O3.CH4/c1-26-20-10-17(11-21(27-2)22(20)28-3)18-9-19(13-23-12-18)25-8-7-24-6-4-5-16(14-24)15-25;/h9-13,16H,4-8,14-15H2,1-3H3;1H4. The summed E-state index contributed by atoms with van der Waals surface area (Å²) in [6, 6.07) is 6.17. The average molecular weight is 400 g/mol. The van der Waals surface area contributed by atoms with Gasteiger partial charge in [-0.2, -0.15) is 0 Å². The summed E-state index contributed by atoms with van der Waals surface area (Å²) in [5.41, 5.74) is 3.23. The molecular formula is C23H33N3O3. The Balaban J connectivity index is 0.00000240. The molecular weight excluding hydrogens is 366 g/mol. The average Bonchev–Trinajstić information content (AvgIpc) is 2.90. The van der Waals surface area contributed by atoms with E-state index < -0.39 is 0 Å². The fourth-order valence-electron chi connectivity index (χ4n) is 4.41. The van der Waals surface area contributed by atoms with E-state index in [-0.39, 0.29) is 7.43 Å². The molecule has 2 aliphatic heterocycles. The number of ether oxygens (including phenoxy) is 3. The van der Waals surface area contributed by atoms with Crippen LogP contribution in [0.1, 0.15) is 20.3 Å². The van der Waals surface area contributed by atoms with Gasteiger partial charge in [0.1, 0.15) is 0 Å². The third-order valence-corrected chi connectivity index (χ3v) is 5.85. The Morgan fingerprint density at radius 1 is 0.862 bits per heavy atom. The summed E-state index contributed by atoms with van der Waals surface area (Å²) in [6.07, 6.45) is 6.52. The van der Waals surface area contributed by atoms with Gasteiger partial charge in [-0.1, -0.05) is 7.43 Å². The van der Waals surface area contributed by atoms with Crippen molar-refractivity contribution in [2.24, 2.45) is 5.92 Å². The second-order valence-electron chi connectivity index (χ2n) is 7.60. The maximum atomic E-state index is 5.51. The van der Waals surface area contributed by atoms with Crippen LogP contribution in [-0.2, 0) is 0 Å². The van der Waals surface area contributed by atoms with Gasteiger partial charge < -0.3 is 24.0 Å². The highest BCUT2D eigenvalue weighted by Gasteiger charge is 2.26. The minimum Gasteiger partial charge on any atom is -0.493 e. The lowest BCUT2D eigenvalue weighted by Crippen LogP contribution is -2.35. The third kappa shape index (κ3) is 4.42. The number of hydrogen-bond donors (Lipinski definition) is 0. The largest absolute Gasteiger partial charge is 0.493 e. The number of hydrogen-bond acceptors (Lipinski definition) is 6. The molecule has 2 aliphatic rings. The lowest BCUT2D eigenvalue weighted by Gasteiger charge is -2.29. The van der Waals surface area contributed by atoms with Gasteiger partial charge in [0.2, 0.25) is 5.75 Å². The van der Waals surface area contributed by atoms with Crippen LogP contribution in [0, 0.1) is 5.92 Å². The Hall–Kier alpha value is -2.47. The first-order valence-electron chi connectivity index (χ1n) is 9.94. The quantitative estimate of drug-likeness (QED) is 0.759. The van der Waals surface area contributed by atoms with Crippen LogP contribution in [-0.4, -0.2) is 63.9 Å². The van der Waals surface area contributed by atoms with Gasteiger partial charge in [-0.05, 0) is 49.1 Å². The molecule has 4 rings (SSSR count). The highest BCUT2D eigenvalue weighted by Crippen LogP contribution is 2.41. The number of rotatable bonds is 5. The van der Waals surface area contributed by atoms with Crippen molar-refractivity contribution < 1.29 is 14.2 Å². The fraction of sp³-hybridized carbons (Fsp3) is 0.522. The van der Waals surface area contributed by atoms with Gasteiger partial charge in [0, 0.05) is 37.9 Å². The number of benzene rings is 1. The summed E-state index contributed by atoms with van der Waals surface area (Å²) in [5.74, 6) is 2.66. The molecule has 1 aromatic carbocycles.